The van der Waals surface area contributed by atoms with Crippen LogP contribution in [0.1, 0.15) is 33.1 Å². The van der Waals surface area contributed by atoms with Crippen LogP contribution in [0.3, 0.4) is 0 Å². The highest BCUT2D eigenvalue weighted by atomic mass is 16.6. The number of hydrogen-bond acceptors (Lipinski definition) is 4. The van der Waals surface area contributed by atoms with Crippen LogP contribution < -0.4 is 0 Å². The van der Waals surface area contributed by atoms with E-state index < -0.39 is 17.0 Å². The summed E-state index contributed by atoms with van der Waals surface area (Å²) in [5.41, 5.74) is -1.51. The highest BCUT2D eigenvalue weighted by Gasteiger charge is 2.85. The van der Waals surface area contributed by atoms with Crippen molar-refractivity contribution in [2.24, 2.45) is 16.7 Å². The number of ketones is 1. The van der Waals surface area contributed by atoms with Gasteiger partial charge in [0.2, 0.25) is 0 Å². The smallest absolute Gasteiger partial charge is 0.324 e. The van der Waals surface area contributed by atoms with Crippen molar-refractivity contribution in [2.75, 3.05) is 6.61 Å². The normalized spacial score (nSPS) is 55.2. The molecule has 0 N–H and O–H groups in total. The van der Waals surface area contributed by atoms with Crippen LogP contribution in [-0.2, 0) is 19.1 Å². The molecule has 2 aliphatic heterocycles. The zero-order chi connectivity index (χ0) is 13.6. The van der Waals surface area contributed by atoms with Gasteiger partial charge in [-0.25, -0.2) is 0 Å². The van der Waals surface area contributed by atoms with E-state index in [9.17, 15) is 9.59 Å². The molecule has 0 aromatic rings. The Labute approximate surface area is 112 Å². The van der Waals surface area contributed by atoms with Gasteiger partial charge in [-0.05, 0) is 30.8 Å². The summed E-state index contributed by atoms with van der Waals surface area (Å²) in [5, 5.41) is 0. The van der Waals surface area contributed by atoms with Crippen molar-refractivity contribution in [3.63, 3.8) is 0 Å². The molecule has 0 unspecified atom stereocenters. The molecule has 4 fully saturated rings. The van der Waals surface area contributed by atoms with Gasteiger partial charge in [-0.3, -0.25) is 9.59 Å². The Morgan fingerprint density at radius 1 is 1.32 bits per heavy atom. The fourth-order valence-corrected chi connectivity index (χ4v) is 4.75. The zero-order valence-electron chi connectivity index (χ0n) is 11.3. The highest BCUT2D eigenvalue weighted by Crippen LogP contribution is 2.72. The predicted octanol–water partition coefficient (Wildman–Crippen LogP) is 1.63. The standard InChI is InChI=1S/C15H18O4/c1-8-4-5-10-15(19-10)11(16)14(7-13(8,15)3)9(2)6-18-12(14)17/h8,10H,2,4-7H2,1,3H3/t8-,10-,13+,14-,15+/m0/s1. The van der Waals surface area contributed by atoms with Gasteiger partial charge in [-0.15, -0.1) is 0 Å². The quantitative estimate of drug-likeness (QED) is 0.288. The number of esters is 1. The van der Waals surface area contributed by atoms with E-state index in [2.05, 4.69) is 20.4 Å². The summed E-state index contributed by atoms with van der Waals surface area (Å²) >= 11 is 0. The number of ether oxygens (including phenoxy) is 2. The lowest BCUT2D eigenvalue weighted by Gasteiger charge is -2.38. The number of hydrogen-bond donors (Lipinski definition) is 0. The molecule has 4 heteroatoms. The molecule has 0 aromatic heterocycles. The van der Waals surface area contributed by atoms with Gasteiger partial charge in [0.05, 0.1) is 6.10 Å². The minimum atomic E-state index is -1.12. The summed E-state index contributed by atoms with van der Waals surface area (Å²) < 4.78 is 11.0. The van der Waals surface area contributed by atoms with Crippen molar-refractivity contribution in [3.05, 3.63) is 12.2 Å². The summed E-state index contributed by atoms with van der Waals surface area (Å²) in [6.07, 6.45) is 2.48. The molecule has 2 heterocycles. The van der Waals surface area contributed by atoms with Crippen LogP contribution in [-0.4, -0.2) is 30.1 Å². The van der Waals surface area contributed by atoms with Gasteiger partial charge in [-0.2, -0.15) is 0 Å². The van der Waals surface area contributed by atoms with Gasteiger partial charge >= 0.3 is 5.97 Å². The number of carbonyl (C=O) groups is 2. The minimum Gasteiger partial charge on any atom is -0.460 e. The molecule has 4 nitrogen and oxygen atoms in total. The van der Waals surface area contributed by atoms with E-state index in [0.717, 1.165) is 12.8 Å². The molecule has 0 amide bonds. The lowest BCUT2D eigenvalue weighted by Crippen LogP contribution is -2.46. The van der Waals surface area contributed by atoms with Crippen LogP contribution in [0.5, 0.6) is 0 Å². The molecule has 2 spiro atoms. The van der Waals surface area contributed by atoms with Crippen molar-refractivity contribution in [1.82, 2.24) is 0 Å². The minimum absolute atomic E-state index is 0.00164. The van der Waals surface area contributed by atoms with Crippen molar-refractivity contribution in [2.45, 2.75) is 44.8 Å². The fourth-order valence-electron chi connectivity index (χ4n) is 4.75. The van der Waals surface area contributed by atoms with E-state index >= 15 is 0 Å². The topological polar surface area (TPSA) is 55.9 Å². The van der Waals surface area contributed by atoms with Crippen LogP contribution in [0.2, 0.25) is 0 Å². The maximum Gasteiger partial charge on any atom is 0.324 e. The molecule has 2 aliphatic carbocycles. The van der Waals surface area contributed by atoms with Crippen molar-refractivity contribution < 1.29 is 19.1 Å². The lowest BCUT2D eigenvalue weighted by molar-refractivity contribution is -0.150. The summed E-state index contributed by atoms with van der Waals surface area (Å²) in [6.45, 7) is 8.37. The van der Waals surface area contributed by atoms with Gasteiger partial charge in [-0.1, -0.05) is 20.4 Å². The molecule has 0 bridgehead atoms. The second kappa shape index (κ2) is 2.95. The van der Waals surface area contributed by atoms with E-state index in [1.54, 1.807) is 0 Å². The number of carbonyl (C=O) groups excluding carboxylic acids is 2. The molecule has 4 rings (SSSR count). The Morgan fingerprint density at radius 3 is 2.63 bits per heavy atom. The first-order valence-corrected chi connectivity index (χ1v) is 6.98. The molecule has 0 radical (unpaired) electrons. The summed E-state index contributed by atoms with van der Waals surface area (Å²) in [5.74, 6) is -0.115. The van der Waals surface area contributed by atoms with E-state index in [1.165, 1.54) is 0 Å². The predicted molar refractivity (Wildman–Crippen MR) is 66.3 cm³/mol. The maximum absolute atomic E-state index is 13.0. The van der Waals surface area contributed by atoms with E-state index in [4.69, 9.17) is 9.47 Å². The van der Waals surface area contributed by atoms with E-state index in [-0.39, 0.29) is 23.9 Å². The van der Waals surface area contributed by atoms with Crippen LogP contribution in [0, 0.1) is 16.7 Å². The number of cyclic esters (lactones) is 1. The fraction of sp³-hybridized carbons (Fsp3) is 0.733. The largest absolute Gasteiger partial charge is 0.460 e. The van der Waals surface area contributed by atoms with Crippen LogP contribution >= 0.6 is 0 Å². The monoisotopic (exact) mass is 262 g/mol. The zero-order valence-corrected chi connectivity index (χ0v) is 11.3. The summed E-state index contributed by atoms with van der Waals surface area (Å²) in [6, 6.07) is 0. The SMILES string of the molecule is C=C1COC(=O)[C@@]12C[C@]1(C)[C@@H](C)CC[C@@H]3O[C@@]31C2=O. The van der Waals surface area contributed by atoms with Gasteiger partial charge in [0.1, 0.15) is 6.61 Å². The number of epoxide rings is 1. The first-order chi connectivity index (χ1) is 8.89. The molecule has 2 saturated heterocycles. The molecule has 0 aromatic carbocycles. The Balaban J connectivity index is 1.91. The van der Waals surface area contributed by atoms with Crippen LogP contribution in [0.25, 0.3) is 0 Å². The van der Waals surface area contributed by atoms with Crippen LogP contribution in [0.15, 0.2) is 12.2 Å². The number of Topliss-reactive ketones (excluding diaryl/α,β-unsaturated/α-hetero) is 1. The molecule has 5 atom stereocenters. The molecular formula is C15H18O4. The first-order valence-electron chi connectivity index (χ1n) is 6.98. The van der Waals surface area contributed by atoms with Crippen molar-refractivity contribution in [3.8, 4) is 0 Å². The third-order valence-electron chi connectivity index (χ3n) is 6.21. The van der Waals surface area contributed by atoms with E-state index in [0.29, 0.717) is 17.9 Å². The Morgan fingerprint density at radius 2 is 2.05 bits per heavy atom. The van der Waals surface area contributed by atoms with Gasteiger partial charge < -0.3 is 9.47 Å². The summed E-state index contributed by atoms with van der Waals surface area (Å²) in [7, 11) is 0. The van der Waals surface area contributed by atoms with Gasteiger partial charge in [0, 0.05) is 5.41 Å². The first kappa shape index (κ1) is 11.6. The molecule has 4 aliphatic rings. The highest BCUT2D eigenvalue weighted by molar-refractivity contribution is 6.15. The van der Waals surface area contributed by atoms with Gasteiger partial charge in [0.25, 0.3) is 0 Å². The van der Waals surface area contributed by atoms with Crippen molar-refractivity contribution >= 4 is 11.8 Å². The molecule has 2 saturated carbocycles. The Hall–Kier alpha value is -1.16. The van der Waals surface area contributed by atoms with Gasteiger partial charge in [0.15, 0.2) is 16.8 Å². The average Bonchev–Trinajstić information content (AvgIpc) is 3.02. The third kappa shape index (κ3) is 0.939. The number of rotatable bonds is 0. The average molecular weight is 262 g/mol. The Bertz CT molecular complexity index is 520. The second-order valence-electron chi connectivity index (χ2n) is 6.83. The summed E-state index contributed by atoms with van der Waals surface area (Å²) in [4.78, 5) is 25.2. The maximum atomic E-state index is 13.0. The van der Waals surface area contributed by atoms with E-state index in [1.807, 2.05) is 0 Å². The molecule has 19 heavy (non-hydrogen) atoms. The Kier molecular flexibility index (Phi) is 1.81. The molecule has 102 valence electrons. The second-order valence-corrected chi connectivity index (χ2v) is 6.83. The van der Waals surface area contributed by atoms with Crippen LogP contribution in [0.4, 0.5) is 0 Å². The molecular weight excluding hydrogens is 244 g/mol. The van der Waals surface area contributed by atoms with Crippen molar-refractivity contribution in [1.29, 1.82) is 0 Å². The third-order valence-corrected chi connectivity index (χ3v) is 6.21. The lowest BCUT2D eigenvalue weighted by atomic mass is 9.63.